The van der Waals surface area contributed by atoms with Crippen molar-refractivity contribution in [3.63, 3.8) is 0 Å². The van der Waals surface area contributed by atoms with Crippen LogP contribution in [0.5, 0.6) is 0 Å². The van der Waals surface area contributed by atoms with Crippen LogP contribution >= 0.6 is 0 Å². The maximum atomic E-state index is 11.8. The summed E-state index contributed by atoms with van der Waals surface area (Å²) in [5.74, 6) is 0.343. The molecule has 4 rings (SSSR count). The van der Waals surface area contributed by atoms with Crippen molar-refractivity contribution in [1.29, 1.82) is 0 Å². The third-order valence-corrected chi connectivity index (χ3v) is 4.34. The van der Waals surface area contributed by atoms with E-state index in [4.69, 9.17) is 0 Å². The van der Waals surface area contributed by atoms with Gasteiger partial charge in [0.25, 0.3) is 0 Å². The molecule has 7 heteroatoms. The molecule has 1 aliphatic rings. The van der Waals surface area contributed by atoms with Gasteiger partial charge >= 0.3 is 5.97 Å². The normalized spacial score (nSPS) is 13.5. The highest BCUT2D eigenvalue weighted by atomic mass is 16.4. The standard InChI is InChI=1S/C19H17N5O2/c25-19(26)15(12-5-2-1-3-6-12)24-18-14-8-10-21-17-13(7-4-9-20-17)16(14)22-11-23-18/h1-7,9,11,15H,8,10H2,(H,20,21)(H,25,26)(H,22,23,24). The molecule has 0 bridgehead atoms. The number of hydrogen-bond donors (Lipinski definition) is 3. The van der Waals surface area contributed by atoms with Crippen LogP contribution in [0.4, 0.5) is 11.6 Å². The summed E-state index contributed by atoms with van der Waals surface area (Å²) in [6.45, 7) is 0.669. The van der Waals surface area contributed by atoms with Gasteiger partial charge in [-0.2, -0.15) is 0 Å². The predicted octanol–water partition coefficient (Wildman–Crippen LogP) is 2.74. The molecular weight excluding hydrogens is 330 g/mol. The predicted molar refractivity (Wildman–Crippen MR) is 97.9 cm³/mol. The van der Waals surface area contributed by atoms with Crippen LogP contribution in [0.1, 0.15) is 17.2 Å². The summed E-state index contributed by atoms with van der Waals surface area (Å²) in [5.41, 5.74) is 3.21. The van der Waals surface area contributed by atoms with Gasteiger partial charge in [-0.1, -0.05) is 30.3 Å². The van der Waals surface area contributed by atoms with Gasteiger partial charge in [-0.3, -0.25) is 0 Å². The van der Waals surface area contributed by atoms with Crippen LogP contribution in [0.2, 0.25) is 0 Å². The summed E-state index contributed by atoms with van der Waals surface area (Å²) >= 11 is 0. The first-order chi connectivity index (χ1) is 12.7. The molecule has 1 aromatic carbocycles. The van der Waals surface area contributed by atoms with Gasteiger partial charge in [0, 0.05) is 23.9 Å². The minimum Gasteiger partial charge on any atom is -0.479 e. The number of hydrogen-bond acceptors (Lipinski definition) is 6. The zero-order valence-electron chi connectivity index (χ0n) is 13.9. The van der Waals surface area contributed by atoms with Crippen molar-refractivity contribution in [1.82, 2.24) is 15.0 Å². The molecule has 0 fully saturated rings. The molecule has 0 radical (unpaired) electrons. The lowest BCUT2D eigenvalue weighted by atomic mass is 10.0. The Kier molecular flexibility index (Phi) is 4.18. The molecule has 0 amide bonds. The Balaban J connectivity index is 1.76. The summed E-state index contributed by atoms with van der Waals surface area (Å²) in [6, 6.07) is 12.0. The molecule has 3 aromatic rings. The zero-order valence-corrected chi connectivity index (χ0v) is 13.9. The fourth-order valence-electron chi connectivity index (χ4n) is 3.12. The van der Waals surface area contributed by atoms with Gasteiger partial charge in [0.15, 0.2) is 6.04 Å². The van der Waals surface area contributed by atoms with Crippen molar-refractivity contribution in [3.8, 4) is 11.3 Å². The Morgan fingerprint density at radius 3 is 2.77 bits per heavy atom. The second-order valence-corrected chi connectivity index (χ2v) is 5.95. The Morgan fingerprint density at radius 2 is 1.96 bits per heavy atom. The molecule has 0 aliphatic carbocycles. The molecule has 1 atom stereocenters. The summed E-state index contributed by atoms with van der Waals surface area (Å²) in [6.07, 6.45) is 3.84. The molecule has 3 heterocycles. The number of carboxylic acids is 1. The van der Waals surface area contributed by atoms with Crippen molar-refractivity contribution >= 4 is 17.6 Å². The number of pyridine rings is 1. The number of nitrogens with zero attached hydrogens (tertiary/aromatic N) is 3. The van der Waals surface area contributed by atoms with E-state index >= 15 is 0 Å². The molecule has 0 spiro atoms. The Hall–Kier alpha value is -3.48. The zero-order chi connectivity index (χ0) is 17.9. The Labute approximate surface area is 150 Å². The summed E-state index contributed by atoms with van der Waals surface area (Å²) in [4.78, 5) is 24.9. The number of aromatic nitrogens is 3. The van der Waals surface area contributed by atoms with Crippen molar-refractivity contribution in [2.75, 3.05) is 17.2 Å². The lowest BCUT2D eigenvalue weighted by Crippen LogP contribution is -2.22. The fraction of sp³-hybridized carbons (Fsp3) is 0.158. The maximum absolute atomic E-state index is 11.8. The number of anilines is 2. The molecule has 26 heavy (non-hydrogen) atoms. The third kappa shape index (κ3) is 2.95. The van der Waals surface area contributed by atoms with Gasteiger partial charge in [-0.25, -0.2) is 19.7 Å². The van der Waals surface area contributed by atoms with E-state index in [2.05, 4.69) is 25.6 Å². The number of aliphatic carboxylic acids is 1. The highest BCUT2D eigenvalue weighted by Gasteiger charge is 2.24. The molecule has 2 aromatic heterocycles. The number of carbonyl (C=O) groups is 1. The van der Waals surface area contributed by atoms with Crippen molar-refractivity contribution < 1.29 is 9.90 Å². The molecule has 7 nitrogen and oxygen atoms in total. The highest BCUT2D eigenvalue weighted by Crippen LogP contribution is 2.33. The fourth-order valence-corrected chi connectivity index (χ4v) is 3.12. The highest BCUT2D eigenvalue weighted by molar-refractivity contribution is 5.82. The van der Waals surface area contributed by atoms with Crippen molar-refractivity contribution in [2.45, 2.75) is 12.5 Å². The van der Waals surface area contributed by atoms with Crippen LogP contribution in [0.15, 0.2) is 55.0 Å². The largest absolute Gasteiger partial charge is 0.479 e. The van der Waals surface area contributed by atoms with Gasteiger partial charge in [-0.05, 0) is 24.1 Å². The van der Waals surface area contributed by atoms with E-state index in [9.17, 15) is 9.90 Å². The summed E-state index contributed by atoms with van der Waals surface area (Å²) in [5, 5.41) is 16.0. The first kappa shape index (κ1) is 16.0. The molecule has 0 saturated heterocycles. The van der Waals surface area contributed by atoms with Gasteiger partial charge in [0.05, 0.1) is 5.69 Å². The second-order valence-electron chi connectivity index (χ2n) is 5.95. The van der Waals surface area contributed by atoms with E-state index < -0.39 is 12.0 Å². The van der Waals surface area contributed by atoms with Crippen LogP contribution in [-0.2, 0) is 11.2 Å². The number of rotatable bonds is 4. The Bertz CT molecular complexity index is 946. The molecule has 0 saturated carbocycles. The summed E-state index contributed by atoms with van der Waals surface area (Å²) < 4.78 is 0. The second kappa shape index (κ2) is 6.79. The van der Waals surface area contributed by atoms with Gasteiger partial charge in [-0.15, -0.1) is 0 Å². The number of carboxylic acid groups (broad SMARTS) is 1. The number of fused-ring (bicyclic) bond motifs is 3. The van der Waals surface area contributed by atoms with Crippen LogP contribution in [0.25, 0.3) is 11.3 Å². The molecule has 1 aliphatic heterocycles. The Morgan fingerprint density at radius 1 is 1.12 bits per heavy atom. The van der Waals surface area contributed by atoms with Gasteiger partial charge < -0.3 is 15.7 Å². The van der Waals surface area contributed by atoms with E-state index in [1.165, 1.54) is 6.33 Å². The van der Waals surface area contributed by atoms with E-state index in [0.717, 1.165) is 22.6 Å². The van der Waals surface area contributed by atoms with Crippen LogP contribution < -0.4 is 10.6 Å². The summed E-state index contributed by atoms with van der Waals surface area (Å²) in [7, 11) is 0. The van der Waals surface area contributed by atoms with Crippen LogP contribution in [0.3, 0.4) is 0 Å². The first-order valence-corrected chi connectivity index (χ1v) is 8.31. The first-order valence-electron chi connectivity index (χ1n) is 8.31. The monoisotopic (exact) mass is 347 g/mol. The minimum absolute atomic E-state index is 0.532. The minimum atomic E-state index is -0.961. The van der Waals surface area contributed by atoms with Gasteiger partial charge in [0.1, 0.15) is 18.0 Å². The maximum Gasteiger partial charge on any atom is 0.330 e. The lowest BCUT2D eigenvalue weighted by Gasteiger charge is -2.18. The lowest BCUT2D eigenvalue weighted by molar-refractivity contribution is -0.138. The SMILES string of the molecule is O=C(O)C(Nc1ncnc2c1CCNc1ncccc1-2)c1ccccc1. The van der Waals surface area contributed by atoms with Gasteiger partial charge in [0.2, 0.25) is 0 Å². The van der Waals surface area contributed by atoms with E-state index in [1.54, 1.807) is 18.3 Å². The van der Waals surface area contributed by atoms with Crippen molar-refractivity contribution in [3.05, 3.63) is 66.1 Å². The van der Waals surface area contributed by atoms with E-state index in [1.807, 2.05) is 30.3 Å². The molecular formula is C19H17N5O2. The van der Waals surface area contributed by atoms with E-state index in [-0.39, 0.29) is 0 Å². The van der Waals surface area contributed by atoms with Crippen LogP contribution in [0, 0.1) is 0 Å². The van der Waals surface area contributed by atoms with Crippen LogP contribution in [-0.4, -0.2) is 32.6 Å². The quantitative estimate of drug-likeness (QED) is 0.667. The van der Waals surface area contributed by atoms with E-state index in [0.29, 0.717) is 24.3 Å². The molecule has 130 valence electrons. The average Bonchev–Trinajstić information content (AvgIpc) is 2.86. The number of nitrogens with one attached hydrogen (secondary N) is 2. The average molecular weight is 347 g/mol. The molecule has 3 N–H and O–H groups in total. The molecule has 1 unspecified atom stereocenters. The topological polar surface area (TPSA) is 100 Å². The number of benzene rings is 1. The smallest absolute Gasteiger partial charge is 0.330 e. The third-order valence-electron chi connectivity index (χ3n) is 4.34. The van der Waals surface area contributed by atoms with Crippen molar-refractivity contribution in [2.24, 2.45) is 0 Å².